The van der Waals surface area contributed by atoms with Crippen molar-refractivity contribution < 1.29 is 4.74 Å². The Labute approximate surface area is 91.1 Å². The number of ether oxygens (including phenoxy) is 1. The number of rotatable bonds is 5. The number of pyridine rings is 1. The van der Waals surface area contributed by atoms with Gasteiger partial charge in [-0.05, 0) is 20.0 Å². The fourth-order valence-electron chi connectivity index (χ4n) is 1.33. The second-order valence-corrected chi connectivity index (χ2v) is 3.67. The van der Waals surface area contributed by atoms with Gasteiger partial charge in [-0.1, -0.05) is 6.07 Å². The fraction of sp³-hybridized carbons (Fsp3) is 0.545. The molecule has 0 saturated heterocycles. The van der Waals surface area contributed by atoms with E-state index in [1.807, 2.05) is 19.2 Å². The minimum absolute atomic E-state index is 0.356. The van der Waals surface area contributed by atoms with Crippen molar-refractivity contribution in [3.63, 3.8) is 0 Å². The van der Waals surface area contributed by atoms with Crippen LogP contribution in [0.3, 0.4) is 0 Å². The van der Waals surface area contributed by atoms with Crippen molar-refractivity contribution in [2.24, 2.45) is 5.73 Å². The molecule has 0 spiro atoms. The third-order valence-corrected chi connectivity index (χ3v) is 2.56. The Balaban J connectivity index is 2.71. The Morgan fingerprint density at radius 1 is 1.60 bits per heavy atom. The number of nitrogens with two attached hydrogens (primary N) is 1. The van der Waals surface area contributed by atoms with E-state index in [9.17, 15) is 0 Å². The molecule has 0 fully saturated rings. The van der Waals surface area contributed by atoms with Crippen molar-refractivity contribution in [1.82, 2.24) is 9.88 Å². The van der Waals surface area contributed by atoms with Gasteiger partial charge >= 0.3 is 0 Å². The maximum Gasteiger partial charge on any atom is 0.217 e. The Bertz CT molecular complexity index is 304. The van der Waals surface area contributed by atoms with Crippen molar-refractivity contribution in [3.8, 4) is 5.88 Å². The van der Waals surface area contributed by atoms with Crippen molar-refractivity contribution in [2.45, 2.75) is 19.5 Å². The van der Waals surface area contributed by atoms with E-state index in [4.69, 9.17) is 10.5 Å². The van der Waals surface area contributed by atoms with Gasteiger partial charge in [0, 0.05) is 30.9 Å². The maximum atomic E-state index is 5.61. The van der Waals surface area contributed by atoms with Gasteiger partial charge in [-0.15, -0.1) is 0 Å². The summed E-state index contributed by atoms with van der Waals surface area (Å²) in [6.45, 7) is 3.55. The lowest BCUT2D eigenvalue weighted by atomic mass is 10.2. The Morgan fingerprint density at radius 2 is 2.33 bits per heavy atom. The first-order chi connectivity index (χ1) is 7.19. The number of hydrogen-bond donors (Lipinski definition) is 1. The van der Waals surface area contributed by atoms with E-state index in [0.717, 1.165) is 12.1 Å². The van der Waals surface area contributed by atoms with Crippen molar-refractivity contribution >= 4 is 0 Å². The number of aromatic nitrogens is 1. The van der Waals surface area contributed by atoms with Crippen LogP contribution in [-0.2, 0) is 6.54 Å². The summed E-state index contributed by atoms with van der Waals surface area (Å²) in [6.07, 6.45) is 1.73. The zero-order valence-corrected chi connectivity index (χ0v) is 9.60. The summed E-state index contributed by atoms with van der Waals surface area (Å²) in [4.78, 5) is 6.34. The second-order valence-electron chi connectivity index (χ2n) is 3.67. The van der Waals surface area contributed by atoms with Gasteiger partial charge in [0.15, 0.2) is 0 Å². The summed E-state index contributed by atoms with van der Waals surface area (Å²) in [7, 11) is 3.68. The van der Waals surface area contributed by atoms with E-state index >= 15 is 0 Å². The van der Waals surface area contributed by atoms with Crippen LogP contribution in [0.15, 0.2) is 18.3 Å². The molecule has 0 amide bonds. The molecule has 0 aromatic carbocycles. The lowest BCUT2D eigenvalue weighted by molar-refractivity contribution is 0.249. The lowest BCUT2D eigenvalue weighted by Gasteiger charge is -2.23. The Kier molecular flexibility index (Phi) is 4.52. The second kappa shape index (κ2) is 5.68. The largest absolute Gasteiger partial charge is 0.481 e. The van der Waals surface area contributed by atoms with Crippen LogP contribution < -0.4 is 10.5 Å². The number of likely N-dealkylation sites (N-methyl/N-ethyl adjacent to an activating group) is 1. The quantitative estimate of drug-likeness (QED) is 0.781. The molecule has 0 aliphatic rings. The molecule has 0 aliphatic carbocycles. The first-order valence-electron chi connectivity index (χ1n) is 5.07. The summed E-state index contributed by atoms with van der Waals surface area (Å²) >= 11 is 0. The van der Waals surface area contributed by atoms with Crippen LogP contribution in [0, 0.1) is 0 Å². The average molecular weight is 209 g/mol. The smallest absolute Gasteiger partial charge is 0.217 e. The average Bonchev–Trinajstić information content (AvgIpc) is 2.28. The third-order valence-electron chi connectivity index (χ3n) is 2.56. The topological polar surface area (TPSA) is 51.4 Å². The van der Waals surface area contributed by atoms with Crippen LogP contribution in [0.1, 0.15) is 12.5 Å². The molecule has 84 valence electrons. The number of methoxy groups -OCH3 is 1. The third kappa shape index (κ3) is 3.18. The van der Waals surface area contributed by atoms with Gasteiger partial charge in [-0.25, -0.2) is 4.98 Å². The monoisotopic (exact) mass is 209 g/mol. The molecule has 1 rings (SSSR count). The summed E-state index contributed by atoms with van der Waals surface area (Å²) < 4.78 is 5.19. The van der Waals surface area contributed by atoms with Gasteiger partial charge in [0.25, 0.3) is 0 Å². The molecule has 2 N–H and O–H groups in total. The predicted octanol–water partition coefficient (Wildman–Crippen LogP) is 0.869. The van der Waals surface area contributed by atoms with Crippen molar-refractivity contribution in [3.05, 3.63) is 23.9 Å². The Morgan fingerprint density at radius 3 is 2.93 bits per heavy atom. The van der Waals surface area contributed by atoms with E-state index < -0.39 is 0 Å². The highest BCUT2D eigenvalue weighted by Gasteiger charge is 2.10. The number of hydrogen-bond acceptors (Lipinski definition) is 4. The molecule has 0 aliphatic heterocycles. The molecule has 1 unspecified atom stereocenters. The van der Waals surface area contributed by atoms with Crippen molar-refractivity contribution in [1.29, 1.82) is 0 Å². The molecule has 15 heavy (non-hydrogen) atoms. The molecule has 1 atom stereocenters. The first kappa shape index (κ1) is 11.9. The highest BCUT2D eigenvalue weighted by molar-refractivity contribution is 5.25. The normalized spacial score (nSPS) is 12.9. The van der Waals surface area contributed by atoms with Gasteiger partial charge in [0.2, 0.25) is 5.88 Å². The molecule has 0 radical (unpaired) electrons. The minimum atomic E-state index is 0.356. The highest BCUT2D eigenvalue weighted by atomic mass is 16.5. The summed E-state index contributed by atoms with van der Waals surface area (Å²) in [5, 5.41) is 0. The van der Waals surface area contributed by atoms with Crippen LogP contribution in [0.5, 0.6) is 5.88 Å². The molecule has 1 heterocycles. The zero-order chi connectivity index (χ0) is 11.3. The summed E-state index contributed by atoms with van der Waals surface area (Å²) in [5.74, 6) is 0.688. The Hall–Kier alpha value is -1.13. The van der Waals surface area contributed by atoms with E-state index in [-0.39, 0.29) is 0 Å². The van der Waals surface area contributed by atoms with E-state index in [1.54, 1.807) is 13.3 Å². The van der Waals surface area contributed by atoms with E-state index in [2.05, 4.69) is 16.8 Å². The standard InChI is InChI=1S/C11H19N3O/c1-9(7-12)14(2)8-10-5-4-6-13-11(10)15-3/h4-6,9H,7-8,12H2,1-3H3. The molecule has 0 bridgehead atoms. The van der Waals surface area contributed by atoms with Gasteiger partial charge in [-0.2, -0.15) is 0 Å². The van der Waals surface area contributed by atoms with Crippen LogP contribution in [0.25, 0.3) is 0 Å². The highest BCUT2D eigenvalue weighted by Crippen LogP contribution is 2.16. The summed E-state index contributed by atoms with van der Waals surface area (Å²) in [5.41, 5.74) is 6.69. The first-order valence-corrected chi connectivity index (χ1v) is 5.07. The fourth-order valence-corrected chi connectivity index (χ4v) is 1.33. The maximum absolute atomic E-state index is 5.61. The van der Waals surface area contributed by atoms with Crippen LogP contribution in [0.4, 0.5) is 0 Å². The van der Waals surface area contributed by atoms with Gasteiger partial charge in [0.1, 0.15) is 0 Å². The van der Waals surface area contributed by atoms with Gasteiger partial charge < -0.3 is 10.5 Å². The molecular formula is C11H19N3O. The van der Waals surface area contributed by atoms with Crippen LogP contribution in [0.2, 0.25) is 0 Å². The van der Waals surface area contributed by atoms with Crippen LogP contribution >= 0.6 is 0 Å². The van der Waals surface area contributed by atoms with Crippen LogP contribution in [-0.4, -0.2) is 36.6 Å². The molecule has 1 aromatic rings. The van der Waals surface area contributed by atoms with Gasteiger partial charge in [-0.3, -0.25) is 4.90 Å². The summed E-state index contributed by atoms with van der Waals surface area (Å²) in [6, 6.07) is 4.29. The van der Waals surface area contributed by atoms with Gasteiger partial charge in [0.05, 0.1) is 7.11 Å². The molecular weight excluding hydrogens is 190 g/mol. The predicted molar refractivity (Wildman–Crippen MR) is 60.8 cm³/mol. The molecule has 4 heteroatoms. The van der Waals surface area contributed by atoms with E-state index in [1.165, 1.54) is 0 Å². The number of nitrogens with zero attached hydrogens (tertiary/aromatic N) is 2. The molecule has 0 saturated carbocycles. The zero-order valence-electron chi connectivity index (χ0n) is 9.60. The SMILES string of the molecule is COc1ncccc1CN(C)C(C)CN. The lowest BCUT2D eigenvalue weighted by Crippen LogP contribution is -2.34. The molecule has 1 aromatic heterocycles. The minimum Gasteiger partial charge on any atom is -0.481 e. The van der Waals surface area contributed by atoms with Crippen molar-refractivity contribution in [2.75, 3.05) is 20.7 Å². The molecule has 4 nitrogen and oxygen atoms in total. The van der Waals surface area contributed by atoms with E-state index in [0.29, 0.717) is 18.5 Å².